The summed E-state index contributed by atoms with van der Waals surface area (Å²) in [6, 6.07) is 9.60. The Kier molecular flexibility index (Phi) is 10.9. The summed E-state index contributed by atoms with van der Waals surface area (Å²) in [4.78, 5) is 29.9. The van der Waals surface area contributed by atoms with E-state index in [-0.39, 0.29) is 36.2 Å². The number of Topliss-reactive ketones (excluding diaryl/α,β-unsaturated/α-hetero) is 2. The largest absolute Gasteiger partial charge is 0.510 e. The number of hydrogen-bond donors (Lipinski definition) is 2. The Balaban J connectivity index is 1.41. The number of benzene rings is 3. The van der Waals surface area contributed by atoms with Crippen LogP contribution in [0.3, 0.4) is 0 Å². The number of methoxy groups -OCH3 is 2. The van der Waals surface area contributed by atoms with Gasteiger partial charge in [0.1, 0.15) is 35.6 Å². The highest BCUT2D eigenvalue weighted by atomic mass is 28.4. The van der Waals surface area contributed by atoms with E-state index in [9.17, 15) is 15.0 Å². The average molecular weight is 893 g/mol. The van der Waals surface area contributed by atoms with E-state index >= 15 is 4.79 Å². The summed E-state index contributed by atoms with van der Waals surface area (Å²) in [6.45, 7) is 24.6. The van der Waals surface area contributed by atoms with Crippen LogP contribution >= 0.6 is 0 Å². The van der Waals surface area contributed by atoms with Crippen LogP contribution < -0.4 is 13.6 Å². The van der Waals surface area contributed by atoms with Crippen LogP contribution in [0, 0.1) is 6.92 Å². The molecule has 2 unspecified atom stereocenters. The molecule has 3 aromatic rings. The highest BCUT2D eigenvalue weighted by molar-refractivity contribution is 6.75. The molecule has 338 valence electrons. The first-order valence-electron chi connectivity index (χ1n) is 21.7. The molecule has 1 aliphatic carbocycles. The normalized spacial score (nSPS) is 28.3. The average Bonchev–Trinajstić information content (AvgIpc) is 3.86. The van der Waals surface area contributed by atoms with Crippen molar-refractivity contribution in [1.29, 1.82) is 0 Å². The SMILES string of the molecule is COc1ccc(CO[C@H]2C[C@H](O[Si](C)(C)C(C)(C)C)C(=O)c3c2c(CO)c2cc(C)c(C4O[C@]5([C@@H](CO)OC)O[C@@H]4C(=O)C54CO4)c4c2c3O[Si](C(C)(C)C)(C(C)(C)C)O4)cc1. The molecule has 62 heavy (non-hydrogen) atoms. The fourth-order valence-corrected chi connectivity index (χ4v) is 15.9. The highest BCUT2D eigenvalue weighted by Crippen LogP contribution is 2.65. The van der Waals surface area contributed by atoms with Gasteiger partial charge in [-0.3, -0.25) is 9.59 Å². The summed E-state index contributed by atoms with van der Waals surface area (Å²) in [5.74, 6) is -0.749. The Morgan fingerprint density at radius 1 is 0.887 bits per heavy atom. The first-order valence-corrected chi connectivity index (χ1v) is 26.4. The van der Waals surface area contributed by atoms with E-state index in [4.69, 9.17) is 41.7 Å². The molecule has 3 fully saturated rings. The second kappa shape index (κ2) is 14.9. The number of carbonyl (C=O) groups is 2. The summed E-state index contributed by atoms with van der Waals surface area (Å²) in [7, 11) is -3.11. The van der Waals surface area contributed by atoms with Gasteiger partial charge >= 0.3 is 8.56 Å². The molecule has 8 rings (SSSR count). The molecular weight excluding hydrogens is 829 g/mol. The van der Waals surface area contributed by atoms with Crippen molar-refractivity contribution in [2.45, 2.75) is 159 Å². The molecule has 0 amide bonds. The molecule has 13 nitrogen and oxygen atoms in total. The van der Waals surface area contributed by atoms with Crippen molar-refractivity contribution in [2.24, 2.45) is 0 Å². The summed E-state index contributed by atoms with van der Waals surface area (Å²) >= 11 is 0. The lowest BCUT2D eigenvalue weighted by molar-refractivity contribution is -0.259. The number of aryl methyl sites for hydroxylation is 1. The smallest absolute Gasteiger partial charge is 0.471 e. The third kappa shape index (κ3) is 6.43. The van der Waals surface area contributed by atoms with Gasteiger partial charge in [0.2, 0.25) is 17.2 Å². The molecule has 4 heterocycles. The van der Waals surface area contributed by atoms with E-state index in [0.29, 0.717) is 50.1 Å². The van der Waals surface area contributed by atoms with Crippen molar-refractivity contribution in [2.75, 3.05) is 27.4 Å². The number of fused-ring (bicyclic) bond motifs is 5. The quantitative estimate of drug-likeness (QED) is 0.140. The lowest BCUT2D eigenvalue weighted by Gasteiger charge is -2.52. The first kappa shape index (κ1) is 45.3. The summed E-state index contributed by atoms with van der Waals surface area (Å²) in [6.07, 6.45) is -4.45. The molecule has 7 atom stereocenters. The molecule has 0 radical (unpaired) electrons. The number of aliphatic hydroxyl groups excluding tert-OH is 2. The maximum Gasteiger partial charge on any atom is 0.471 e. The van der Waals surface area contributed by atoms with Crippen LogP contribution in [-0.2, 0) is 46.1 Å². The van der Waals surface area contributed by atoms with Gasteiger partial charge in [0.05, 0.1) is 50.6 Å². The van der Waals surface area contributed by atoms with Crippen molar-refractivity contribution in [3.8, 4) is 17.2 Å². The van der Waals surface area contributed by atoms with E-state index in [1.54, 1.807) is 7.11 Å². The molecule has 0 saturated carbocycles. The Bertz CT molecular complexity index is 2280. The molecule has 2 bridgehead atoms. The zero-order valence-electron chi connectivity index (χ0n) is 38.7. The van der Waals surface area contributed by atoms with E-state index in [0.717, 1.165) is 11.3 Å². The molecule has 3 aromatic carbocycles. The maximum absolute atomic E-state index is 15.6. The van der Waals surface area contributed by atoms with Gasteiger partial charge in [-0.05, 0) is 59.3 Å². The van der Waals surface area contributed by atoms with Crippen molar-refractivity contribution in [3.63, 3.8) is 0 Å². The van der Waals surface area contributed by atoms with Gasteiger partial charge < -0.3 is 51.9 Å². The van der Waals surface area contributed by atoms with Crippen LogP contribution in [0.15, 0.2) is 30.3 Å². The number of hydrogen-bond acceptors (Lipinski definition) is 13. The maximum atomic E-state index is 15.6. The van der Waals surface area contributed by atoms with E-state index in [1.807, 2.05) is 37.3 Å². The highest BCUT2D eigenvalue weighted by Gasteiger charge is 2.84. The van der Waals surface area contributed by atoms with Gasteiger partial charge in [0, 0.05) is 34.7 Å². The number of aliphatic hydroxyl groups is 2. The molecule has 5 aliphatic rings. The third-order valence-corrected chi connectivity index (χ3v) is 23.8. The van der Waals surface area contributed by atoms with Crippen LogP contribution in [0.2, 0.25) is 28.2 Å². The topological polar surface area (TPSA) is 161 Å². The van der Waals surface area contributed by atoms with Crippen LogP contribution in [0.4, 0.5) is 0 Å². The minimum absolute atomic E-state index is 0.0744. The van der Waals surface area contributed by atoms with Gasteiger partial charge in [-0.15, -0.1) is 0 Å². The molecule has 3 saturated heterocycles. The monoisotopic (exact) mass is 892 g/mol. The number of ketones is 2. The Morgan fingerprint density at radius 2 is 1.50 bits per heavy atom. The molecule has 2 N–H and O–H groups in total. The van der Waals surface area contributed by atoms with Crippen molar-refractivity contribution in [1.82, 2.24) is 0 Å². The fourth-order valence-electron chi connectivity index (χ4n) is 10.2. The first-order chi connectivity index (χ1) is 28.9. The van der Waals surface area contributed by atoms with Gasteiger partial charge in [0.25, 0.3) is 0 Å². The van der Waals surface area contributed by atoms with Gasteiger partial charge in [-0.2, -0.15) is 0 Å². The fraction of sp³-hybridized carbons (Fsp3) is 0.617. The zero-order chi connectivity index (χ0) is 45.3. The number of ether oxygens (including phenoxy) is 6. The third-order valence-electron chi connectivity index (χ3n) is 14.4. The van der Waals surface area contributed by atoms with E-state index < -0.39 is 82.1 Å². The molecule has 0 aromatic heterocycles. The molecule has 4 aliphatic heterocycles. The van der Waals surface area contributed by atoms with Crippen LogP contribution in [0.25, 0.3) is 10.8 Å². The van der Waals surface area contributed by atoms with E-state index in [2.05, 4.69) is 75.4 Å². The van der Waals surface area contributed by atoms with E-state index in [1.165, 1.54) is 7.11 Å². The standard InChI is InChI=1S/C47H64O13Si2/c1-25-19-28-29(21-48)34-30(54-23-26-15-17-27(52-11)18-16-26)20-31(58-61(13,14)43(2,3)4)37(50)36(34)39-35(28)38(59-62(60-39,44(5,6)7)45(8,9)10)33(25)40-41-42(51)46(24-55-46)47(56-40,57-41)32(22-49)53-12/h15-19,30-32,40-41,48-49H,20-24H2,1-14H3/t30-,31-,32+,40?,41-,46?,47+/m0/s1. The van der Waals surface area contributed by atoms with Gasteiger partial charge in [-0.25, -0.2) is 0 Å². The second-order valence-electron chi connectivity index (χ2n) is 21.2. The predicted octanol–water partition coefficient (Wildman–Crippen LogP) is 8.21. The van der Waals surface area contributed by atoms with Gasteiger partial charge in [-0.1, -0.05) is 80.5 Å². The predicted molar refractivity (Wildman–Crippen MR) is 236 cm³/mol. The Hall–Kier alpha value is -3.23. The minimum Gasteiger partial charge on any atom is -0.510 e. The Morgan fingerprint density at radius 3 is 2.03 bits per heavy atom. The number of rotatable bonds is 11. The van der Waals surface area contributed by atoms with Crippen molar-refractivity contribution in [3.05, 3.63) is 63.7 Å². The van der Waals surface area contributed by atoms with Crippen LogP contribution in [0.5, 0.6) is 17.2 Å². The summed E-state index contributed by atoms with van der Waals surface area (Å²) in [5.41, 5.74) is 2.18. The zero-order valence-corrected chi connectivity index (χ0v) is 40.7. The van der Waals surface area contributed by atoms with Gasteiger partial charge in [0.15, 0.2) is 20.2 Å². The van der Waals surface area contributed by atoms with Crippen LogP contribution in [0.1, 0.15) is 119 Å². The molecule has 15 heteroatoms. The summed E-state index contributed by atoms with van der Waals surface area (Å²) < 4.78 is 59.2. The minimum atomic E-state index is -3.61. The number of epoxide rings is 1. The lowest BCUT2D eigenvalue weighted by Crippen LogP contribution is -2.64. The second-order valence-corrected chi connectivity index (χ2v) is 30.6. The Labute approximate surface area is 367 Å². The van der Waals surface area contributed by atoms with Crippen molar-refractivity contribution >= 4 is 39.2 Å². The van der Waals surface area contributed by atoms with Crippen molar-refractivity contribution < 1.29 is 61.5 Å². The molecule has 1 spiro atoms. The summed E-state index contributed by atoms with van der Waals surface area (Å²) in [5, 5.41) is 21.8. The number of carbonyl (C=O) groups excluding carboxylic acids is 2. The lowest BCUT2D eigenvalue weighted by atomic mass is 9.78. The molecular formula is C47H64O13Si2. The van der Waals surface area contributed by atoms with Crippen LogP contribution in [-0.4, -0.2) is 95.8 Å².